The molecular weight excluding hydrogens is 315 g/mol. The summed E-state index contributed by atoms with van der Waals surface area (Å²) in [7, 11) is 3.89. The number of anilines is 1. The number of hydrogen-bond acceptors (Lipinski definition) is 3. The van der Waals surface area contributed by atoms with Crippen molar-refractivity contribution in [2.45, 2.75) is 25.2 Å². The van der Waals surface area contributed by atoms with Gasteiger partial charge in [0.1, 0.15) is 5.82 Å². The molecule has 0 saturated carbocycles. The molecule has 0 saturated heterocycles. The van der Waals surface area contributed by atoms with Crippen LogP contribution in [0.4, 0.5) is 10.3 Å². The third-order valence-electron chi connectivity index (χ3n) is 4.94. The van der Waals surface area contributed by atoms with Crippen LogP contribution in [0.5, 0.6) is 0 Å². The zero-order valence-electron chi connectivity index (χ0n) is 14.5. The average Bonchev–Trinajstić information content (AvgIpc) is 3.07. The summed E-state index contributed by atoms with van der Waals surface area (Å²) in [5.41, 5.74) is 4.63. The maximum atomic E-state index is 14.9. The Hall–Kier alpha value is -2.62. The molecule has 25 heavy (non-hydrogen) atoms. The molecule has 1 heterocycles. The monoisotopic (exact) mass is 336 g/mol. The van der Waals surface area contributed by atoms with Crippen molar-refractivity contribution in [3.8, 4) is 11.1 Å². The summed E-state index contributed by atoms with van der Waals surface area (Å²) in [6.07, 6.45) is 2.85. The first-order chi connectivity index (χ1) is 12.1. The van der Waals surface area contributed by atoms with E-state index in [2.05, 4.69) is 5.16 Å². The lowest BCUT2D eigenvalue weighted by Crippen LogP contribution is -2.15. The van der Waals surface area contributed by atoms with Gasteiger partial charge in [-0.2, -0.15) is 0 Å². The Labute approximate surface area is 147 Å². The highest BCUT2D eigenvalue weighted by Gasteiger charge is 2.31. The fraction of sp³-hybridized carbons (Fsp3) is 0.286. The lowest BCUT2D eigenvalue weighted by Gasteiger charge is -2.22. The Morgan fingerprint density at radius 1 is 1.08 bits per heavy atom. The minimum Gasteiger partial charge on any atom is -0.347 e. The largest absolute Gasteiger partial charge is 0.347 e. The molecule has 0 bridgehead atoms. The van der Waals surface area contributed by atoms with Gasteiger partial charge in [-0.05, 0) is 42.0 Å². The molecule has 1 aliphatic carbocycles. The molecule has 0 spiro atoms. The van der Waals surface area contributed by atoms with E-state index in [0.717, 1.165) is 47.5 Å². The second-order valence-electron chi connectivity index (χ2n) is 6.79. The summed E-state index contributed by atoms with van der Waals surface area (Å²) in [5.74, 6) is 0.584. The molecule has 0 N–H and O–H groups in total. The highest BCUT2D eigenvalue weighted by Crippen LogP contribution is 2.41. The number of benzene rings is 2. The van der Waals surface area contributed by atoms with Gasteiger partial charge in [-0.1, -0.05) is 47.6 Å². The van der Waals surface area contributed by atoms with Crippen LogP contribution < -0.4 is 4.90 Å². The van der Waals surface area contributed by atoms with Gasteiger partial charge in [-0.3, -0.25) is 0 Å². The molecule has 0 fully saturated rings. The SMILES string of the molecule is CN(C)c1onc2c1CCCC2c1ccc(-c2ccccc2)cc1F. The predicted molar refractivity (Wildman–Crippen MR) is 97.4 cm³/mol. The Kier molecular flexibility index (Phi) is 4.04. The summed E-state index contributed by atoms with van der Waals surface area (Å²) in [6, 6.07) is 15.4. The van der Waals surface area contributed by atoms with Crippen molar-refractivity contribution in [2.24, 2.45) is 0 Å². The van der Waals surface area contributed by atoms with Crippen LogP contribution in [0, 0.1) is 5.82 Å². The van der Waals surface area contributed by atoms with Crippen LogP contribution in [0.3, 0.4) is 0 Å². The lowest BCUT2D eigenvalue weighted by atomic mass is 9.82. The van der Waals surface area contributed by atoms with Gasteiger partial charge in [-0.25, -0.2) is 4.39 Å². The van der Waals surface area contributed by atoms with E-state index in [9.17, 15) is 4.39 Å². The molecule has 1 aromatic heterocycles. The summed E-state index contributed by atoms with van der Waals surface area (Å²) >= 11 is 0. The van der Waals surface area contributed by atoms with Crippen LogP contribution in [-0.2, 0) is 6.42 Å². The predicted octanol–water partition coefficient (Wildman–Crippen LogP) is 5.01. The van der Waals surface area contributed by atoms with Crippen molar-refractivity contribution in [3.63, 3.8) is 0 Å². The highest BCUT2D eigenvalue weighted by molar-refractivity contribution is 5.64. The van der Waals surface area contributed by atoms with Gasteiger partial charge in [0.05, 0.1) is 5.69 Å². The Balaban J connectivity index is 1.72. The first-order valence-electron chi connectivity index (χ1n) is 8.66. The molecule has 3 aromatic rings. The Morgan fingerprint density at radius 2 is 1.88 bits per heavy atom. The summed E-state index contributed by atoms with van der Waals surface area (Å²) in [4.78, 5) is 1.93. The normalized spacial score (nSPS) is 16.5. The van der Waals surface area contributed by atoms with Gasteiger partial charge in [-0.15, -0.1) is 0 Å². The molecular formula is C21H21FN2O. The van der Waals surface area contributed by atoms with Crippen LogP contribution >= 0.6 is 0 Å². The zero-order chi connectivity index (χ0) is 17.4. The van der Waals surface area contributed by atoms with Crippen LogP contribution in [0.15, 0.2) is 53.1 Å². The third-order valence-corrected chi connectivity index (χ3v) is 4.94. The van der Waals surface area contributed by atoms with Crippen molar-refractivity contribution in [2.75, 3.05) is 19.0 Å². The van der Waals surface area contributed by atoms with Crippen LogP contribution in [0.1, 0.15) is 35.6 Å². The maximum absolute atomic E-state index is 14.9. The molecule has 1 atom stereocenters. The molecule has 0 radical (unpaired) electrons. The summed E-state index contributed by atoms with van der Waals surface area (Å²) < 4.78 is 20.4. The van der Waals surface area contributed by atoms with Crippen LogP contribution in [0.25, 0.3) is 11.1 Å². The molecule has 4 heteroatoms. The van der Waals surface area contributed by atoms with Gasteiger partial charge in [0, 0.05) is 25.6 Å². The number of nitrogens with zero attached hydrogens (tertiary/aromatic N) is 2. The maximum Gasteiger partial charge on any atom is 0.230 e. The van der Waals surface area contributed by atoms with Crippen molar-refractivity contribution in [3.05, 3.63) is 71.2 Å². The van der Waals surface area contributed by atoms with E-state index in [1.165, 1.54) is 0 Å². The highest BCUT2D eigenvalue weighted by atomic mass is 19.1. The average molecular weight is 336 g/mol. The van der Waals surface area contributed by atoms with E-state index in [1.807, 2.05) is 61.5 Å². The fourth-order valence-corrected chi connectivity index (χ4v) is 3.72. The molecule has 0 amide bonds. The number of aromatic nitrogens is 1. The third kappa shape index (κ3) is 2.82. The molecule has 1 aliphatic rings. The minimum absolute atomic E-state index is 0.0361. The van der Waals surface area contributed by atoms with Crippen LogP contribution in [-0.4, -0.2) is 19.3 Å². The van der Waals surface area contributed by atoms with Crippen molar-refractivity contribution >= 4 is 5.88 Å². The number of rotatable bonds is 3. The second kappa shape index (κ2) is 6.36. The van der Waals surface area contributed by atoms with Crippen LogP contribution in [0.2, 0.25) is 0 Å². The van der Waals surface area contributed by atoms with E-state index in [0.29, 0.717) is 5.56 Å². The van der Waals surface area contributed by atoms with E-state index < -0.39 is 0 Å². The topological polar surface area (TPSA) is 29.3 Å². The molecule has 2 aromatic carbocycles. The second-order valence-corrected chi connectivity index (χ2v) is 6.79. The van der Waals surface area contributed by atoms with Gasteiger partial charge < -0.3 is 9.42 Å². The number of hydrogen-bond donors (Lipinski definition) is 0. The summed E-state index contributed by atoms with van der Waals surface area (Å²) in [6.45, 7) is 0. The summed E-state index contributed by atoms with van der Waals surface area (Å²) in [5, 5.41) is 4.27. The smallest absolute Gasteiger partial charge is 0.230 e. The standard InChI is InChI=1S/C21H21FN2O/c1-24(2)21-18-10-6-9-17(20(18)23-25-21)16-12-11-15(13-19(16)22)14-7-4-3-5-8-14/h3-5,7-8,11-13,17H,6,9-10H2,1-2H3. The number of halogens is 1. The first kappa shape index (κ1) is 15.9. The van der Waals surface area contributed by atoms with Gasteiger partial charge in [0.15, 0.2) is 0 Å². The molecule has 1 unspecified atom stereocenters. The van der Waals surface area contributed by atoms with E-state index in [1.54, 1.807) is 6.07 Å². The molecule has 3 nitrogen and oxygen atoms in total. The Morgan fingerprint density at radius 3 is 2.60 bits per heavy atom. The Bertz CT molecular complexity index is 886. The zero-order valence-corrected chi connectivity index (χ0v) is 14.5. The van der Waals surface area contributed by atoms with Crippen molar-refractivity contribution in [1.29, 1.82) is 0 Å². The lowest BCUT2D eigenvalue weighted by molar-refractivity contribution is 0.410. The molecule has 128 valence electrons. The van der Waals surface area contributed by atoms with Gasteiger partial charge in [0.2, 0.25) is 5.88 Å². The fourth-order valence-electron chi connectivity index (χ4n) is 3.72. The molecule has 0 aliphatic heterocycles. The van der Waals surface area contributed by atoms with E-state index in [-0.39, 0.29) is 11.7 Å². The van der Waals surface area contributed by atoms with Gasteiger partial charge in [0.25, 0.3) is 0 Å². The van der Waals surface area contributed by atoms with Gasteiger partial charge >= 0.3 is 0 Å². The first-order valence-corrected chi connectivity index (χ1v) is 8.66. The molecule has 4 rings (SSSR count). The van der Waals surface area contributed by atoms with E-state index in [4.69, 9.17) is 4.52 Å². The minimum atomic E-state index is -0.173. The number of fused-ring (bicyclic) bond motifs is 1. The van der Waals surface area contributed by atoms with E-state index >= 15 is 0 Å². The van der Waals surface area contributed by atoms with Crippen molar-refractivity contribution in [1.82, 2.24) is 5.16 Å². The quantitative estimate of drug-likeness (QED) is 0.673. The van der Waals surface area contributed by atoms with Crippen molar-refractivity contribution < 1.29 is 8.91 Å².